The van der Waals surface area contributed by atoms with Crippen molar-refractivity contribution >= 4 is 11.5 Å². The lowest BCUT2D eigenvalue weighted by Crippen LogP contribution is -2.39. The summed E-state index contributed by atoms with van der Waals surface area (Å²) >= 11 is 0. The molecule has 6 nitrogen and oxygen atoms in total. The van der Waals surface area contributed by atoms with Gasteiger partial charge in [0.05, 0.1) is 18.9 Å². The van der Waals surface area contributed by atoms with Crippen LogP contribution in [0.25, 0.3) is 5.65 Å². The number of hydrogen-bond acceptors (Lipinski definition) is 5. The van der Waals surface area contributed by atoms with E-state index in [4.69, 9.17) is 14.8 Å². The van der Waals surface area contributed by atoms with Crippen LogP contribution >= 0.6 is 0 Å². The number of morpholine rings is 1. The molecule has 0 atom stereocenters. The SMILES string of the molecule is Cc1nc2cc(C(C)(C)C)nn2c(NCCN2CCOCC2)c1C. The van der Waals surface area contributed by atoms with Crippen LogP contribution in [-0.4, -0.2) is 58.9 Å². The number of fused-ring (bicyclic) bond motifs is 1. The summed E-state index contributed by atoms with van der Waals surface area (Å²) < 4.78 is 7.37. The average Bonchev–Trinajstić information content (AvgIpc) is 2.96. The molecule has 1 fully saturated rings. The average molecular weight is 331 g/mol. The van der Waals surface area contributed by atoms with E-state index in [1.165, 1.54) is 0 Å². The number of ether oxygens (including phenoxy) is 1. The van der Waals surface area contributed by atoms with Gasteiger partial charge in [0.2, 0.25) is 0 Å². The molecule has 3 rings (SSSR count). The third kappa shape index (κ3) is 3.54. The molecular formula is C18H29N5O. The molecule has 0 spiro atoms. The van der Waals surface area contributed by atoms with Gasteiger partial charge in [0.15, 0.2) is 5.65 Å². The van der Waals surface area contributed by atoms with Gasteiger partial charge in [-0.2, -0.15) is 9.61 Å². The van der Waals surface area contributed by atoms with Gasteiger partial charge in [-0.25, -0.2) is 4.98 Å². The van der Waals surface area contributed by atoms with Gasteiger partial charge < -0.3 is 10.1 Å². The molecule has 1 N–H and O–H groups in total. The Kier molecular flexibility index (Phi) is 4.78. The lowest BCUT2D eigenvalue weighted by molar-refractivity contribution is 0.0398. The molecule has 1 saturated heterocycles. The summed E-state index contributed by atoms with van der Waals surface area (Å²) in [7, 11) is 0. The van der Waals surface area contributed by atoms with Gasteiger partial charge in [0.1, 0.15) is 5.82 Å². The second kappa shape index (κ2) is 6.69. The van der Waals surface area contributed by atoms with Crippen LogP contribution in [-0.2, 0) is 10.2 Å². The predicted octanol–water partition coefficient (Wildman–Crippen LogP) is 2.39. The van der Waals surface area contributed by atoms with Crippen molar-refractivity contribution in [1.29, 1.82) is 0 Å². The van der Waals surface area contributed by atoms with Crippen LogP contribution in [0, 0.1) is 13.8 Å². The molecule has 24 heavy (non-hydrogen) atoms. The van der Waals surface area contributed by atoms with E-state index >= 15 is 0 Å². The highest BCUT2D eigenvalue weighted by Gasteiger charge is 2.20. The Labute approximate surface area is 144 Å². The van der Waals surface area contributed by atoms with E-state index in [9.17, 15) is 0 Å². The number of rotatable bonds is 4. The van der Waals surface area contributed by atoms with Gasteiger partial charge in [0.25, 0.3) is 0 Å². The van der Waals surface area contributed by atoms with E-state index in [0.717, 1.165) is 67.8 Å². The Bertz CT molecular complexity index is 710. The second-order valence-corrected chi connectivity index (χ2v) is 7.60. The zero-order chi connectivity index (χ0) is 17.3. The Hall–Kier alpha value is -1.66. The highest BCUT2D eigenvalue weighted by Crippen LogP contribution is 2.25. The highest BCUT2D eigenvalue weighted by molar-refractivity contribution is 5.56. The maximum absolute atomic E-state index is 5.41. The van der Waals surface area contributed by atoms with Crippen molar-refractivity contribution in [2.24, 2.45) is 0 Å². The van der Waals surface area contributed by atoms with Crippen molar-refractivity contribution in [2.75, 3.05) is 44.7 Å². The summed E-state index contributed by atoms with van der Waals surface area (Å²) in [5.41, 5.74) is 4.21. The Morgan fingerprint density at radius 2 is 1.92 bits per heavy atom. The van der Waals surface area contributed by atoms with Crippen LogP contribution in [0.5, 0.6) is 0 Å². The summed E-state index contributed by atoms with van der Waals surface area (Å²) in [6.07, 6.45) is 0. The Morgan fingerprint density at radius 3 is 2.58 bits per heavy atom. The van der Waals surface area contributed by atoms with Crippen molar-refractivity contribution < 1.29 is 4.74 Å². The molecule has 0 aromatic carbocycles. The fourth-order valence-electron chi connectivity index (χ4n) is 2.93. The zero-order valence-electron chi connectivity index (χ0n) is 15.5. The second-order valence-electron chi connectivity index (χ2n) is 7.60. The molecule has 0 bridgehead atoms. The smallest absolute Gasteiger partial charge is 0.157 e. The van der Waals surface area contributed by atoms with Gasteiger partial charge in [-0.3, -0.25) is 4.90 Å². The first-order valence-corrected chi connectivity index (χ1v) is 8.77. The lowest BCUT2D eigenvalue weighted by atomic mass is 9.93. The minimum atomic E-state index is 0.0145. The summed E-state index contributed by atoms with van der Waals surface area (Å²) in [5, 5.41) is 8.40. The number of aromatic nitrogens is 3. The van der Waals surface area contributed by atoms with Crippen molar-refractivity contribution in [3.63, 3.8) is 0 Å². The van der Waals surface area contributed by atoms with Gasteiger partial charge in [-0.15, -0.1) is 0 Å². The van der Waals surface area contributed by atoms with E-state index in [1.54, 1.807) is 0 Å². The maximum atomic E-state index is 5.41. The van der Waals surface area contributed by atoms with E-state index < -0.39 is 0 Å². The first-order chi connectivity index (χ1) is 11.4. The van der Waals surface area contributed by atoms with E-state index in [0.29, 0.717) is 0 Å². The van der Waals surface area contributed by atoms with Crippen molar-refractivity contribution in [3.05, 3.63) is 23.0 Å². The van der Waals surface area contributed by atoms with Gasteiger partial charge in [-0.05, 0) is 13.8 Å². The number of nitrogens with one attached hydrogen (secondary N) is 1. The standard InChI is InChI=1S/C18H29N5O/c1-13-14(2)20-16-12-15(18(3,4)5)21-23(16)17(13)19-6-7-22-8-10-24-11-9-22/h12,19H,6-11H2,1-5H3. The van der Waals surface area contributed by atoms with Gasteiger partial charge in [0, 0.05) is 48.9 Å². The molecule has 0 saturated carbocycles. The molecule has 1 aliphatic rings. The van der Waals surface area contributed by atoms with Crippen LogP contribution in [0.3, 0.4) is 0 Å². The monoisotopic (exact) mass is 331 g/mol. The van der Waals surface area contributed by atoms with E-state index in [-0.39, 0.29) is 5.41 Å². The molecule has 0 amide bonds. The maximum Gasteiger partial charge on any atom is 0.157 e. The van der Waals surface area contributed by atoms with E-state index in [1.807, 2.05) is 4.52 Å². The van der Waals surface area contributed by atoms with Crippen LogP contribution in [0.4, 0.5) is 5.82 Å². The minimum absolute atomic E-state index is 0.0145. The predicted molar refractivity (Wildman–Crippen MR) is 96.9 cm³/mol. The van der Waals surface area contributed by atoms with Crippen molar-refractivity contribution in [1.82, 2.24) is 19.5 Å². The molecule has 0 unspecified atom stereocenters. The van der Waals surface area contributed by atoms with Crippen LogP contribution in [0.1, 0.15) is 37.7 Å². The minimum Gasteiger partial charge on any atom is -0.379 e. The molecule has 132 valence electrons. The fourth-order valence-corrected chi connectivity index (χ4v) is 2.93. The van der Waals surface area contributed by atoms with Crippen molar-refractivity contribution in [2.45, 2.75) is 40.0 Å². The highest BCUT2D eigenvalue weighted by atomic mass is 16.5. The number of hydrogen-bond donors (Lipinski definition) is 1. The number of aryl methyl sites for hydroxylation is 1. The Balaban J connectivity index is 1.82. The molecule has 3 heterocycles. The Morgan fingerprint density at radius 1 is 1.21 bits per heavy atom. The van der Waals surface area contributed by atoms with Crippen molar-refractivity contribution in [3.8, 4) is 0 Å². The molecule has 1 aliphatic heterocycles. The summed E-state index contributed by atoms with van der Waals surface area (Å²) in [6.45, 7) is 16.3. The fraction of sp³-hybridized carbons (Fsp3) is 0.667. The summed E-state index contributed by atoms with van der Waals surface area (Å²) in [4.78, 5) is 7.13. The van der Waals surface area contributed by atoms with Crippen LogP contribution in [0.15, 0.2) is 6.07 Å². The van der Waals surface area contributed by atoms with Gasteiger partial charge in [-0.1, -0.05) is 20.8 Å². The topological polar surface area (TPSA) is 54.7 Å². The first kappa shape index (κ1) is 17.2. The molecule has 0 aliphatic carbocycles. The zero-order valence-corrected chi connectivity index (χ0v) is 15.5. The first-order valence-electron chi connectivity index (χ1n) is 8.77. The van der Waals surface area contributed by atoms with Crippen LogP contribution in [0.2, 0.25) is 0 Å². The molecule has 2 aromatic heterocycles. The molecule has 0 radical (unpaired) electrons. The third-order valence-electron chi connectivity index (χ3n) is 4.68. The number of anilines is 1. The quantitative estimate of drug-likeness (QED) is 0.932. The summed E-state index contributed by atoms with van der Waals surface area (Å²) in [5.74, 6) is 1.06. The van der Waals surface area contributed by atoms with Crippen LogP contribution < -0.4 is 5.32 Å². The molecule has 6 heteroatoms. The lowest BCUT2D eigenvalue weighted by Gasteiger charge is -2.26. The van der Waals surface area contributed by atoms with E-state index in [2.05, 4.69) is 50.9 Å². The molecular weight excluding hydrogens is 302 g/mol. The number of nitrogens with zero attached hydrogens (tertiary/aromatic N) is 4. The largest absolute Gasteiger partial charge is 0.379 e. The summed E-state index contributed by atoms with van der Waals surface area (Å²) in [6, 6.07) is 2.10. The normalized spacial score (nSPS) is 16.7. The molecule has 2 aromatic rings. The third-order valence-corrected chi connectivity index (χ3v) is 4.68. The van der Waals surface area contributed by atoms with Gasteiger partial charge >= 0.3 is 0 Å².